The first-order valence-corrected chi connectivity index (χ1v) is 6.58. The fourth-order valence-electron chi connectivity index (χ4n) is 0.946. The van der Waals surface area contributed by atoms with Crippen molar-refractivity contribution >= 4 is 17.7 Å². The predicted molar refractivity (Wildman–Crippen MR) is 66.1 cm³/mol. The zero-order chi connectivity index (χ0) is 12.1. The molecule has 0 radical (unpaired) electrons. The third kappa shape index (κ3) is 6.79. The number of hydrogen-bond acceptors (Lipinski definition) is 3. The lowest BCUT2D eigenvalue weighted by molar-refractivity contribution is -0.129. The third-order valence-electron chi connectivity index (χ3n) is 2.16. The molecule has 0 spiro atoms. The first-order chi connectivity index (χ1) is 6.69. The summed E-state index contributed by atoms with van der Waals surface area (Å²) >= 11 is 1.70. The molecule has 0 saturated heterocycles. The Morgan fingerprint density at radius 1 is 1.33 bits per heavy atom. The van der Waals surface area contributed by atoms with Crippen molar-refractivity contribution in [2.75, 3.05) is 18.6 Å². The molecule has 0 heterocycles. The van der Waals surface area contributed by atoms with Crippen molar-refractivity contribution in [2.24, 2.45) is 5.41 Å². The normalized spacial score (nSPS) is 15.9. The van der Waals surface area contributed by atoms with Gasteiger partial charge in [-0.1, -0.05) is 20.8 Å². The number of carbonyl (C=O) groups is 1. The molecule has 90 valence electrons. The average molecular weight is 233 g/mol. The number of carbonyl (C=O) groups excluding carboxylic acids is 1. The van der Waals surface area contributed by atoms with Crippen molar-refractivity contribution in [1.82, 2.24) is 5.32 Å². The first kappa shape index (κ1) is 14.8. The smallest absolute Gasteiger partial charge is 0.225 e. The molecule has 1 atom stereocenters. The molecule has 1 amide bonds. The maximum atomic E-state index is 11.6. The molecule has 0 aliphatic heterocycles. The van der Waals surface area contributed by atoms with Crippen molar-refractivity contribution in [2.45, 2.75) is 39.7 Å². The SMILES string of the molecule is CSCCC(C)(O)CNC(=O)C(C)(C)C. The summed E-state index contributed by atoms with van der Waals surface area (Å²) in [5, 5.41) is 12.7. The molecule has 0 aromatic rings. The molecule has 2 N–H and O–H groups in total. The molecule has 1 unspecified atom stereocenters. The van der Waals surface area contributed by atoms with E-state index in [0.29, 0.717) is 13.0 Å². The van der Waals surface area contributed by atoms with Crippen LogP contribution in [0.2, 0.25) is 0 Å². The Morgan fingerprint density at radius 3 is 2.27 bits per heavy atom. The summed E-state index contributed by atoms with van der Waals surface area (Å²) in [4.78, 5) is 11.6. The van der Waals surface area contributed by atoms with Crippen LogP contribution in [0.15, 0.2) is 0 Å². The standard InChI is InChI=1S/C11H23NO2S/c1-10(2,3)9(13)12-8-11(4,14)6-7-15-5/h14H,6-8H2,1-5H3,(H,12,13). The van der Waals surface area contributed by atoms with E-state index in [2.05, 4.69) is 5.32 Å². The fraction of sp³-hybridized carbons (Fsp3) is 0.909. The molecule has 0 aliphatic rings. The summed E-state index contributed by atoms with van der Waals surface area (Å²) in [6, 6.07) is 0. The second-order valence-electron chi connectivity index (χ2n) is 5.17. The van der Waals surface area contributed by atoms with Crippen LogP contribution in [-0.4, -0.2) is 35.2 Å². The van der Waals surface area contributed by atoms with Gasteiger partial charge in [-0.2, -0.15) is 11.8 Å². The number of aliphatic hydroxyl groups is 1. The second kappa shape index (κ2) is 5.75. The van der Waals surface area contributed by atoms with Gasteiger partial charge in [0.15, 0.2) is 0 Å². The highest BCUT2D eigenvalue weighted by molar-refractivity contribution is 7.98. The lowest BCUT2D eigenvalue weighted by Gasteiger charge is -2.26. The molecule has 3 nitrogen and oxygen atoms in total. The summed E-state index contributed by atoms with van der Waals surface area (Å²) in [6.45, 7) is 7.66. The molecular weight excluding hydrogens is 210 g/mol. The highest BCUT2D eigenvalue weighted by atomic mass is 32.2. The molecule has 0 aromatic carbocycles. The van der Waals surface area contributed by atoms with Crippen molar-refractivity contribution < 1.29 is 9.90 Å². The van der Waals surface area contributed by atoms with Gasteiger partial charge >= 0.3 is 0 Å². The maximum Gasteiger partial charge on any atom is 0.225 e. The van der Waals surface area contributed by atoms with Crippen LogP contribution in [0, 0.1) is 5.41 Å². The number of thioether (sulfide) groups is 1. The van der Waals surface area contributed by atoms with Gasteiger partial charge in [-0.05, 0) is 25.4 Å². The van der Waals surface area contributed by atoms with Crippen LogP contribution >= 0.6 is 11.8 Å². The molecule has 0 saturated carbocycles. The summed E-state index contributed by atoms with van der Waals surface area (Å²) < 4.78 is 0. The van der Waals surface area contributed by atoms with Gasteiger partial charge in [0, 0.05) is 12.0 Å². The number of amides is 1. The molecule has 0 fully saturated rings. The Bertz CT molecular complexity index is 209. The van der Waals surface area contributed by atoms with Crippen LogP contribution in [0.4, 0.5) is 0 Å². The number of hydrogen-bond donors (Lipinski definition) is 2. The summed E-state index contributed by atoms with van der Waals surface area (Å²) in [5.74, 6) is 0.880. The average Bonchev–Trinajstić information content (AvgIpc) is 2.09. The quantitative estimate of drug-likeness (QED) is 0.759. The molecule has 4 heteroatoms. The first-order valence-electron chi connectivity index (χ1n) is 5.19. The minimum atomic E-state index is -0.802. The van der Waals surface area contributed by atoms with Crippen LogP contribution < -0.4 is 5.32 Å². The number of rotatable bonds is 5. The van der Waals surface area contributed by atoms with Crippen LogP contribution in [0.25, 0.3) is 0 Å². The Labute approximate surface area is 97.0 Å². The minimum absolute atomic E-state index is 0.0214. The van der Waals surface area contributed by atoms with E-state index in [1.807, 2.05) is 27.0 Å². The van der Waals surface area contributed by atoms with Crippen molar-refractivity contribution in [3.8, 4) is 0 Å². The largest absolute Gasteiger partial charge is 0.388 e. The Kier molecular flexibility index (Phi) is 5.67. The zero-order valence-corrected chi connectivity index (χ0v) is 11.2. The highest BCUT2D eigenvalue weighted by Gasteiger charge is 2.25. The van der Waals surface area contributed by atoms with E-state index in [9.17, 15) is 9.90 Å². The molecule has 0 rings (SSSR count). The van der Waals surface area contributed by atoms with E-state index in [0.717, 1.165) is 5.75 Å². The topological polar surface area (TPSA) is 49.3 Å². The molecule has 0 aromatic heterocycles. The van der Waals surface area contributed by atoms with E-state index in [-0.39, 0.29) is 5.91 Å². The fourth-order valence-corrected chi connectivity index (χ4v) is 1.59. The van der Waals surface area contributed by atoms with E-state index in [1.165, 1.54) is 0 Å². The van der Waals surface area contributed by atoms with Gasteiger partial charge in [0.2, 0.25) is 5.91 Å². The lowest BCUT2D eigenvalue weighted by atomic mass is 9.95. The maximum absolute atomic E-state index is 11.6. The molecular formula is C11H23NO2S. The third-order valence-corrected chi connectivity index (χ3v) is 2.77. The van der Waals surface area contributed by atoms with Crippen LogP contribution in [-0.2, 0) is 4.79 Å². The summed E-state index contributed by atoms with van der Waals surface area (Å²) in [7, 11) is 0. The van der Waals surface area contributed by atoms with E-state index >= 15 is 0 Å². The van der Waals surface area contributed by atoms with Gasteiger partial charge < -0.3 is 10.4 Å². The second-order valence-corrected chi connectivity index (χ2v) is 6.16. The van der Waals surface area contributed by atoms with Gasteiger partial charge in [-0.3, -0.25) is 4.79 Å². The van der Waals surface area contributed by atoms with Gasteiger partial charge in [-0.15, -0.1) is 0 Å². The molecule has 0 bridgehead atoms. The highest BCUT2D eigenvalue weighted by Crippen LogP contribution is 2.15. The summed E-state index contributed by atoms with van der Waals surface area (Å²) in [5.41, 5.74) is -1.19. The van der Waals surface area contributed by atoms with Crippen molar-refractivity contribution in [3.05, 3.63) is 0 Å². The van der Waals surface area contributed by atoms with Crippen LogP contribution in [0.1, 0.15) is 34.1 Å². The zero-order valence-electron chi connectivity index (χ0n) is 10.4. The van der Waals surface area contributed by atoms with E-state index in [1.54, 1.807) is 18.7 Å². The predicted octanol–water partition coefficient (Wildman–Crippen LogP) is 1.65. The molecule has 15 heavy (non-hydrogen) atoms. The van der Waals surface area contributed by atoms with Crippen LogP contribution in [0.3, 0.4) is 0 Å². The van der Waals surface area contributed by atoms with Gasteiger partial charge in [0.25, 0.3) is 0 Å². The lowest BCUT2D eigenvalue weighted by Crippen LogP contribution is -2.44. The minimum Gasteiger partial charge on any atom is -0.388 e. The van der Waals surface area contributed by atoms with Crippen LogP contribution in [0.5, 0.6) is 0 Å². The Hall–Kier alpha value is -0.220. The van der Waals surface area contributed by atoms with Gasteiger partial charge in [0.05, 0.1) is 5.60 Å². The van der Waals surface area contributed by atoms with E-state index < -0.39 is 11.0 Å². The van der Waals surface area contributed by atoms with Crippen molar-refractivity contribution in [1.29, 1.82) is 0 Å². The number of nitrogens with one attached hydrogen (secondary N) is 1. The molecule has 0 aliphatic carbocycles. The summed E-state index contributed by atoms with van der Waals surface area (Å²) in [6.07, 6.45) is 2.70. The van der Waals surface area contributed by atoms with Gasteiger partial charge in [0.1, 0.15) is 0 Å². The van der Waals surface area contributed by atoms with E-state index in [4.69, 9.17) is 0 Å². The Morgan fingerprint density at radius 2 is 1.87 bits per heavy atom. The monoisotopic (exact) mass is 233 g/mol. The van der Waals surface area contributed by atoms with Crippen molar-refractivity contribution in [3.63, 3.8) is 0 Å². The Balaban J connectivity index is 3.98. The van der Waals surface area contributed by atoms with Gasteiger partial charge in [-0.25, -0.2) is 0 Å².